The van der Waals surface area contributed by atoms with Crippen molar-refractivity contribution in [3.8, 4) is 11.5 Å². The van der Waals surface area contributed by atoms with E-state index in [4.69, 9.17) is 13.6 Å². The maximum Gasteiger partial charge on any atom is 0.331 e. The van der Waals surface area contributed by atoms with E-state index in [9.17, 15) is 14.7 Å². The molecule has 0 aromatic heterocycles. The van der Waals surface area contributed by atoms with Crippen LogP contribution in [0.1, 0.15) is 121 Å². The first-order valence-corrected chi connectivity index (χ1v) is 12.8. The maximum atomic E-state index is 13.1. The third-order valence-electron chi connectivity index (χ3n) is 7.63. The second-order valence-electron chi connectivity index (χ2n) is 12.4. The highest BCUT2D eigenvalue weighted by molar-refractivity contribution is 5.87. The molecule has 1 aliphatic carbocycles. The highest BCUT2D eigenvalue weighted by Gasteiger charge is 2.47. The predicted molar refractivity (Wildman–Crippen MR) is 139 cm³/mol. The maximum absolute atomic E-state index is 13.1. The second-order valence-corrected chi connectivity index (χ2v) is 12.4. The van der Waals surface area contributed by atoms with Gasteiger partial charge in [-0.2, -0.15) is 0 Å². The van der Waals surface area contributed by atoms with Gasteiger partial charge in [0.25, 0.3) is 0 Å². The number of carbonyl (C=O) groups is 2. The highest BCUT2D eigenvalue weighted by Crippen LogP contribution is 2.55. The van der Waals surface area contributed by atoms with Crippen LogP contribution < -0.4 is 9.47 Å². The number of esters is 1. The molecular weight excluding hydrogens is 440 g/mol. The van der Waals surface area contributed by atoms with Gasteiger partial charge in [0, 0.05) is 27.1 Å². The molecule has 0 unspecified atom stereocenters. The molecule has 3 rings (SSSR count). The molecular formula is C30H44O5. The fourth-order valence-electron chi connectivity index (χ4n) is 5.29. The predicted octanol–water partition coefficient (Wildman–Crippen LogP) is 7.56. The lowest BCUT2D eigenvalue weighted by molar-refractivity contribution is -0.143. The second kappa shape index (κ2) is 9.99. The largest absolute Gasteiger partial charge is 0.487 e. The molecule has 0 radical (unpaired) electrons. The number of benzene rings is 1. The first kappa shape index (κ1) is 23.1. The molecule has 2 aliphatic rings. The van der Waals surface area contributed by atoms with Crippen LogP contribution in [0.5, 0.6) is 11.5 Å². The van der Waals surface area contributed by atoms with E-state index in [1.54, 1.807) is 6.08 Å². The summed E-state index contributed by atoms with van der Waals surface area (Å²) in [7, 11) is 0. The number of allylic oxidation sites excluding steroid dienone is 1. The minimum atomic E-state index is -1.89. The Balaban J connectivity index is 2.01. The minimum absolute atomic E-state index is 0.0438. The Morgan fingerprint density at radius 2 is 1.89 bits per heavy atom. The van der Waals surface area contributed by atoms with Crippen LogP contribution in [0.4, 0.5) is 0 Å². The lowest BCUT2D eigenvalue weighted by Gasteiger charge is -2.47. The van der Waals surface area contributed by atoms with Crippen LogP contribution in [0.15, 0.2) is 23.8 Å². The fraction of sp³-hybridized carbons (Fsp3) is 0.667. The van der Waals surface area contributed by atoms with E-state index in [1.807, 2.05) is 46.8 Å². The van der Waals surface area contributed by atoms with Crippen molar-refractivity contribution in [2.45, 2.75) is 117 Å². The number of carboxylic acids is 1. The number of hydrogen-bond acceptors (Lipinski definition) is 4. The number of rotatable bonds is 8. The molecule has 0 amide bonds. The van der Waals surface area contributed by atoms with Crippen LogP contribution in [0.2, 0.25) is 0 Å². The summed E-state index contributed by atoms with van der Waals surface area (Å²) >= 11 is 0. The topological polar surface area (TPSA) is 72.8 Å². The van der Waals surface area contributed by atoms with Gasteiger partial charge in [0.05, 0.1) is 5.41 Å². The van der Waals surface area contributed by atoms with Gasteiger partial charge in [-0.15, -0.1) is 0 Å². The molecule has 1 aromatic carbocycles. The summed E-state index contributed by atoms with van der Waals surface area (Å²) in [6.45, 7) is 11.9. The lowest BCUT2D eigenvalue weighted by Crippen LogP contribution is -2.46. The van der Waals surface area contributed by atoms with Gasteiger partial charge in [0.15, 0.2) is 0 Å². The molecule has 5 heteroatoms. The van der Waals surface area contributed by atoms with E-state index in [2.05, 4.69) is 13.8 Å². The van der Waals surface area contributed by atoms with Gasteiger partial charge in [-0.25, -0.2) is 4.79 Å². The SMILES string of the molecule is [2H]C([2H])([2H])CCCCCC(C)(C)c1cc(OC(=O)C(C)(C)C)c2c(c1)OC(C)(C)[C@@H]1CC=C(C(=O)O)C[C@@H]21. The van der Waals surface area contributed by atoms with Gasteiger partial charge in [0.1, 0.15) is 17.1 Å². The first-order valence-electron chi connectivity index (χ1n) is 14.3. The number of carboxylic acid groups (broad SMARTS) is 1. The Morgan fingerprint density at radius 1 is 1.17 bits per heavy atom. The average Bonchev–Trinajstić information content (AvgIpc) is 2.76. The Bertz CT molecular complexity index is 1090. The van der Waals surface area contributed by atoms with E-state index in [0.29, 0.717) is 36.3 Å². The van der Waals surface area contributed by atoms with Gasteiger partial charge in [0.2, 0.25) is 0 Å². The third-order valence-corrected chi connectivity index (χ3v) is 7.63. The van der Waals surface area contributed by atoms with Crippen molar-refractivity contribution in [3.63, 3.8) is 0 Å². The van der Waals surface area contributed by atoms with Crippen LogP contribution in [-0.4, -0.2) is 22.6 Å². The highest BCUT2D eigenvalue weighted by atomic mass is 16.5. The van der Waals surface area contributed by atoms with Crippen LogP contribution >= 0.6 is 0 Å². The Labute approximate surface area is 215 Å². The molecule has 1 aromatic rings. The Hall–Kier alpha value is -2.30. The molecule has 5 nitrogen and oxygen atoms in total. The number of carbonyl (C=O) groups excluding carboxylic acids is 1. The zero-order valence-electron chi connectivity index (χ0n) is 25.4. The number of fused-ring (bicyclic) bond motifs is 3. The molecule has 2 atom stereocenters. The smallest absolute Gasteiger partial charge is 0.331 e. The number of aliphatic carboxylic acids is 1. The third kappa shape index (κ3) is 5.92. The zero-order valence-corrected chi connectivity index (χ0v) is 22.4. The monoisotopic (exact) mass is 487 g/mol. The molecule has 0 saturated carbocycles. The Kier molecular flexibility index (Phi) is 6.60. The van der Waals surface area contributed by atoms with Gasteiger partial charge in [-0.1, -0.05) is 52.5 Å². The number of hydrogen-bond donors (Lipinski definition) is 1. The molecule has 0 bridgehead atoms. The molecule has 0 saturated heterocycles. The Morgan fingerprint density at radius 3 is 2.51 bits per heavy atom. The fourth-order valence-corrected chi connectivity index (χ4v) is 5.29. The normalized spacial score (nSPS) is 22.9. The summed E-state index contributed by atoms with van der Waals surface area (Å²) in [5.41, 5.74) is 0.611. The average molecular weight is 488 g/mol. The summed E-state index contributed by atoms with van der Waals surface area (Å²) in [6, 6.07) is 3.96. The molecule has 35 heavy (non-hydrogen) atoms. The molecule has 0 fully saturated rings. The number of unbranched alkanes of at least 4 members (excludes halogenated alkanes) is 2. The van der Waals surface area contributed by atoms with Crippen molar-refractivity contribution >= 4 is 11.9 Å². The summed E-state index contributed by atoms with van der Waals surface area (Å²) in [4.78, 5) is 24.9. The van der Waals surface area contributed by atoms with Gasteiger partial charge in [-0.05, 0) is 77.0 Å². The van der Waals surface area contributed by atoms with E-state index >= 15 is 0 Å². The van der Waals surface area contributed by atoms with Gasteiger partial charge in [-0.3, -0.25) is 4.79 Å². The van der Waals surface area contributed by atoms with Crippen LogP contribution in [-0.2, 0) is 15.0 Å². The van der Waals surface area contributed by atoms with E-state index in [0.717, 1.165) is 30.4 Å². The van der Waals surface area contributed by atoms with Crippen molar-refractivity contribution in [1.29, 1.82) is 0 Å². The standard InChI is InChI=1S/C30H44O5/c1-9-10-11-12-15-29(5,6)20-17-23(34-27(33)28(2,3)4)25-21-16-19(26(31)32)13-14-22(21)30(7,8)35-24(25)18-20/h13,17-18,21-22H,9-12,14-16H2,1-8H3,(H,31,32)/t21-,22-/m1/s1/i1D3. The van der Waals surface area contributed by atoms with Gasteiger partial charge < -0.3 is 14.6 Å². The van der Waals surface area contributed by atoms with Crippen molar-refractivity contribution in [2.75, 3.05) is 0 Å². The molecule has 1 aliphatic heterocycles. The number of ether oxygens (including phenoxy) is 2. The quantitative estimate of drug-likeness (QED) is 0.233. The minimum Gasteiger partial charge on any atom is -0.487 e. The molecule has 1 N–H and O–H groups in total. The van der Waals surface area contributed by atoms with E-state index < -0.39 is 23.8 Å². The summed E-state index contributed by atoms with van der Waals surface area (Å²) < 4.78 is 34.9. The zero-order chi connectivity index (χ0) is 28.7. The molecule has 0 spiro atoms. The van der Waals surface area contributed by atoms with E-state index in [-0.39, 0.29) is 29.6 Å². The lowest BCUT2D eigenvalue weighted by atomic mass is 9.66. The van der Waals surface area contributed by atoms with Crippen molar-refractivity contribution in [3.05, 3.63) is 34.9 Å². The van der Waals surface area contributed by atoms with E-state index in [1.165, 1.54) is 0 Å². The molecule has 1 heterocycles. The molecule has 194 valence electrons. The van der Waals surface area contributed by atoms with Gasteiger partial charge >= 0.3 is 11.9 Å². The summed E-state index contributed by atoms with van der Waals surface area (Å²) in [5, 5.41) is 9.73. The summed E-state index contributed by atoms with van der Waals surface area (Å²) in [5.74, 6) is -0.283. The van der Waals surface area contributed by atoms with Crippen molar-refractivity contribution in [1.82, 2.24) is 0 Å². The first-order chi connectivity index (χ1) is 17.3. The van der Waals surface area contributed by atoms with Crippen LogP contribution in [0, 0.1) is 11.3 Å². The van der Waals surface area contributed by atoms with Crippen LogP contribution in [0.25, 0.3) is 0 Å². The van der Waals surface area contributed by atoms with Crippen molar-refractivity contribution in [2.24, 2.45) is 11.3 Å². The van der Waals surface area contributed by atoms with Crippen LogP contribution in [0.3, 0.4) is 0 Å². The summed E-state index contributed by atoms with van der Waals surface area (Å²) in [6.07, 6.45) is 6.14. The van der Waals surface area contributed by atoms with Crippen molar-refractivity contribution < 1.29 is 28.3 Å².